The van der Waals surface area contributed by atoms with Gasteiger partial charge in [0.15, 0.2) is 0 Å². The van der Waals surface area contributed by atoms with Crippen LogP contribution >= 0.6 is 0 Å². The molecule has 0 bridgehead atoms. The van der Waals surface area contributed by atoms with E-state index in [-0.39, 0.29) is 0 Å². The van der Waals surface area contributed by atoms with Crippen LogP contribution in [-0.2, 0) is 13.2 Å². The minimum Gasteiger partial charge on any atom is -0.487 e. The standard InChI is InChI=1S/C23H23N5O/c1-3-11-25-19(6-1)21-7-5-14-27(21)16-20-22(17-29-18-9-12-24-13-10-18)28-15-4-2-8-23(28)26-20/h1-4,6,8-13,15,21H,5,7,14,16-17H2. The maximum absolute atomic E-state index is 6.04. The third-order valence-corrected chi connectivity index (χ3v) is 5.48. The number of pyridine rings is 3. The highest BCUT2D eigenvalue weighted by atomic mass is 16.5. The van der Waals surface area contributed by atoms with Crippen LogP contribution in [0.2, 0.25) is 0 Å². The quantitative estimate of drug-likeness (QED) is 0.501. The van der Waals surface area contributed by atoms with Crippen LogP contribution < -0.4 is 4.74 Å². The summed E-state index contributed by atoms with van der Waals surface area (Å²) in [6.07, 6.45) is 9.73. The van der Waals surface area contributed by atoms with Gasteiger partial charge in [-0.25, -0.2) is 4.98 Å². The van der Waals surface area contributed by atoms with Gasteiger partial charge in [0.05, 0.1) is 23.1 Å². The van der Waals surface area contributed by atoms with Crippen LogP contribution in [0.3, 0.4) is 0 Å². The number of ether oxygens (including phenoxy) is 1. The molecule has 0 N–H and O–H groups in total. The maximum Gasteiger partial charge on any atom is 0.137 e. The minimum atomic E-state index is 0.343. The number of likely N-dealkylation sites (tertiary alicyclic amines) is 1. The van der Waals surface area contributed by atoms with Crippen molar-refractivity contribution in [1.29, 1.82) is 0 Å². The molecule has 0 aromatic carbocycles. The Kier molecular flexibility index (Phi) is 4.92. The number of hydrogen-bond donors (Lipinski definition) is 0. The van der Waals surface area contributed by atoms with Crippen LogP contribution in [0.5, 0.6) is 5.75 Å². The van der Waals surface area contributed by atoms with Crippen molar-refractivity contribution in [2.45, 2.75) is 32.0 Å². The first-order valence-electron chi connectivity index (χ1n) is 10.0. The van der Waals surface area contributed by atoms with Crippen molar-refractivity contribution in [1.82, 2.24) is 24.3 Å². The molecule has 1 atom stereocenters. The molecule has 1 aliphatic rings. The van der Waals surface area contributed by atoms with E-state index in [1.54, 1.807) is 12.4 Å². The van der Waals surface area contributed by atoms with Crippen LogP contribution in [0.25, 0.3) is 5.65 Å². The molecule has 5 rings (SSSR count). The topological polar surface area (TPSA) is 55.6 Å². The summed E-state index contributed by atoms with van der Waals surface area (Å²) in [6, 6.07) is 16.3. The van der Waals surface area contributed by atoms with Crippen LogP contribution in [0, 0.1) is 0 Å². The van der Waals surface area contributed by atoms with E-state index < -0.39 is 0 Å². The average molecular weight is 385 g/mol. The molecule has 146 valence electrons. The van der Waals surface area contributed by atoms with Gasteiger partial charge in [0.2, 0.25) is 0 Å². The van der Waals surface area contributed by atoms with E-state index in [1.807, 2.05) is 42.6 Å². The Labute approximate surface area is 169 Å². The van der Waals surface area contributed by atoms with Gasteiger partial charge in [-0.05, 0) is 55.8 Å². The van der Waals surface area contributed by atoms with Crippen molar-refractivity contribution < 1.29 is 4.74 Å². The van der Waals surface area contributed by atoms with E-state index in [1.165, 1.54) is 6.42 Å². The fraction of sp³-hybridized carbons (Fsp3) is 0.261. The van der Waals surface area contributed by atoms with Gasteiger partial charge in [-0.15, -0.1) is 0 Å². The Bertz CT molecular complexity index is 1080. The van der Waals surface area contributed by atoms with Gasteiger partial charge in [0, 0.05) is 31.3 Å². The second-order valence-electron chi connectivity index (χ2n) is 7.29. The van der Waals surface area contributed by atoms with Gasteiger partial charge >= 0.3 is 0 Å². The lowest BCUT2D eigenvalue weighted by molar-refractivity contribution is 0.237. The predicted molar refractivity (Wildman–Crippen MR) is 110 cm³/mol. The lowest BCUT2D eigenvalue weighted by atomic mass is 10.1. The summed E-state index contributed by atoms with van der Waals surface area (Å²) in [7, 11) is 0. The van der Waals surface area contributed by atoms with Gasteiger partial charge in [-0.1, -0.05) is 12.1 Å². The molecule has 1 fully saturated rings. The van der Waals surface area contributed by atoms with Crippen molar-refractivity contribution >= 4 is 5.65 Å². The van der Waals surface area contributed by atoms with Crippen molar-refractivity contribution in [3.63, 3.8) is 0 Å². The molecule has 6 heteroatoms. The van der Waals surface area contributed by atoms with E-state index >= 15 is 0 Å². The third-order valence-electron chi connectivity index (χ3n) is 5.48. The molecule has 5 heterocycles. The van der Waals surface area contributed by atoms with E-state index in [4.69, 9.17) is 9.72 Å². The van der Waals surface area contributed by atoms with Gasteiger partial charge in [-0.3, -0.25) is 14.9 Å². The summed E-state index contributed by atoms with van der Waals surface area (Å²) in [5.74, 6) is 0.810. The van der Waals surface area contributed by atoms with Crippen LogP contribution in [-0.4, -0.2) is 30.8 Å². The SMILES string of the molecule is c1ccc(C2CCCN2Cc2nc3ccccn3c2COc2ccncc2)nc1. The molecule has 0 spiro atoms. The normalized spacial score (nSPS) is 17.0. The second-order valence-corrected chi connectivity index (χ2v) is 7.29. The minimum absolute atomic E-state index is 0.343. The molecule has 1 unspecified atom stereocenters. The first kappa shape index (κ1) is 17.8. The number of fused-ring (bicyclic) bond motifs is 1. The summed E-state index contributed by atoms with van der Waals surface area (Å²) in [6.45, 7) is 2.31. The van der Waals surface area contributed by atoms with Crippen molar-refractivity contribution in [3.8, 4) is 5.75 Å². The summed E-state index contributed by atoms with van der Waals surface area (Å²) >= 11 is 0. The largest absolute Gasteiger partial charge is 0.487 e. The zero-order valence-electron chi connectivity index (χ0n) is 16.2. The average Bonchev–Trinajstić information content (AvgIpc) is 3.38. The maximum atomic E-state index is 6.04. The van der Waals surface area contributed by atoms with Crippen LogP contribution in [0.4, 0.5) is 0 Å². The van der Waals surface area contributed by atoms with E-state index in [0.717, 1.165) is 48.0 Å². The van der Waals surface area contributed by atoms with E-state index in [9.17, 15) is 0 Å². The molecule has 0 radical (unpaired) electrons. The van der Waals surface area contributed by atoms with Gasteiger partial charge in [0.1, 0.15) is 18.0 Å². The van der Waals surface area contributed by atoms with Crippen molar-refractivity contribution in [2.24, 2.45) is 0 Å². The highest BCUT2D eigenvalue weighted by Crippen LogP contribution is 2.32. The number of nitrogens with zero attached hydrogens (tertiary/aromatic N) is 5. The molecule has 0 aliphatic carbocycles. The Morgan fingerprint density at radius 1 is 1.00 bits per heavy atom. The highest BCUT2D eigenvalue weighted by Gasteiger charge is 2.28. The van der Waals surface area contributed by atoms with E-state index in [0.29, 0.717) is 12.6 Å². The number of rotatable bonds is 6. The van der Waals surface area contributed by atoms with Crippen LogP contribution in [0.1, 0.15) is 36.0 Å². The molecule has 1 saturated heterocycles. The Morgan fingerprint density at radius 2 is 1.90 bits per heavy atom. The van der Waals surface area contributed by atoms with E-state index in [2.05, 4.69) is 37.6 Å². The van der Waals surface area contributed by atoms with Gasteiger partial charge < -0.3 is 9.14 Å². The highest BCUT2D eigenvalue weighted by molar-refractivity contribution is 5.43. The van der Waals surface area contributed by atoms with Crippen molar-refractivity contribution in [2.75, 3.05) is 6.54 Å². The third kappa shape index (κ3) is 3.71. The fourth-order valence-corrected chi connectivity index (χ4v) is 4.08. The lowest BCUT2D eigenvalue weighted by Crippen LogP contribution is -2.24. The first-order chi connectivity index (χ1) is 14.4. The molecular weight excluding hydrogens is 362 g/mol. The molecular formula is C23H23N5O. The Morgan fingerprint density at radius 3 is 2.76 bits per heavy atom. The molecule has 4 aromatic rings. The first-order valence-corrected chi connectivity index (χ1v) is 10.0. The monoisotopic (exact) mass is 385 g/mol. The zero-order chi connectivity index (χ0) is 19.5. The number of hydrogen-bond acceptors (Lipinski definition) is 5. The molecule has 0 saturated carbocycles. The summed E-state index contributed by atoms with van der Waals surface area (Å²) in [5.41, 5.74) is 4.24. The molecule has 4 aromatic heterocycles. The predicted octanol–water partition coefficient (Wildman–Crippen LogP) is 4.04. The molecule has 29 heavy (non-hydrogen) atoms. The fourth-order valence-electron chi connectivity index (χ4n) is 4.08. The summed E-state index contributed by atoms with van der Waals surface area (Å²) < 4.78 is 8.17. The van der Waals surface area contributed by atoms with Gasteiger partial charge in [0.25, 0.3) is 0 Å². The zero-order valence-corrected chi connectivity index (χ0v) is 16.2. The Balaban J connectivity index is 1.43. The lowest BCUT2D eigenvalue weighted by Gasteiger charge is -2.23. The summed E-state index contributed by atoms with van der Waals surface area (Å²) in [4.78, 5) is 16.1. The smallest absolute Gasteiger partial charge is 0.137 e. The van der Waals surface area contributed by atoms with Crippen LogP contribution in [0.15, 0.2) is 73.3 Å². The number of aromatic nitrogens is 4. The second kappa shape index (κ2) is 8.01. The Hall–Kier alpha value is -3.25. The summed E-state index contributed by atoms with van der Waals surface area (Å²) in [5, 5.41) is 0. The van der Waals surface area contributed by atoms with Gasteiger partial charge in [-0.2, -0.15) is 0 Å². The molecule has 0 amide bonds. The molecule has 6 nitrogen and oxygen atoms in total. The number of imidazole rings is 1. The molecule has 1 aliphatic heterocycles. The van der Waals surface area contributed by atoms with Crippen molar-refractivity contribution in [3.05, 3.63) is 90.4 Å².